The maximum absolute atomic E-state index is 13.4. The molecule has 2 N–H and O–H groups in total. The third kappa shape index (κ3) is 5.40. The van der Waals surface area contributed by atoms with Crippen LogP contribution in [-0.4, -0.2) is 32.7 Å². The molecule has 0 aliphatic carbocycles. The van der Waals surface area contributed by atoms with Crippen LogP contribution in [-0.2, 0) is 9.53 Å². The number of amides is 1. The van der Waals surface area contributed by atoms with Crippen molar-refractivity contribution in [2.45, 2.75) is 6.42 Å². The third-order valence-electron chi connectivity index (χ3n) is 2.28. The molecule has 0 aliphatic rings. The Morgan fingerprint density at radius 2 is 2.16 bits per heavy atom. The van der Waals surface area contributed by atoms with Crippen LogP contribution in [0.25, 0.3) is 0 Å². The van der Waals surface area contributed by atoms with Gasteiger partial charge in [-0.2, -0.15) is 0 Å². The van der Waals surface area contributed by atoms with Gasteiger partial charge in [-0.3, -0.25) is 4.79 Å². The van der Waals surface area contributed by atoms with E-state index in [4.69, 9.17) is 16.3 Å². The molecule has 106 valence electrons. The van der Waals surface area contributed by atoms with Crippen molar-refractivity contribution in [1.82, 2.24) is 5.32 Å². The zero-order valence-electron chi connectivity index (χ0n) is 10.4. The molecule has 0 aliphatic heterocycles. The number of anilines is 1. The molecule has 0 heterocycles. The van der Waals surface area contributed by atoms with Crippen molar-refractivity contribution in [2.24, 2.45) is 0 Å². The van der Waals surface area contributed by atoms with Gasteiger partial charge in [-0.1, -0.05) is 11.6 Å². The molecule has 1 amide bonds. The molecule has 0 atom stereocenters. The zero-order chi connectivity index (χ0) is 14.3. The molecule has 4 nitrogen and oxygen atoms in total. The summed E-state index contributed by atoms with van der Waals surface area (Å²) in [6.45, 7) is 0.870. The van der Waals surface area contributed by atoms with Crippen LogP contribution >= 0.6 is 11.6 Å². The first-order valence-electron chi connectivity index (χ1n) is 5.68. The Hall–Kier alpha value is -1.40. The van der Waals surface area contributed by atoms with Crippen LogP contribution < -0.4 is 10.6 Å². The fourth-order valence-electron chi connectivity index (χ4n) is 1.39. The maximum Gasteiger partial charge on any atom is 0.239 e. The van der Waals surface area contributed by atoms with Gasteiger partial charge in [-0.05, 0) is 12.5 Å². The van der Waals surface area contributed by atoms with Gasteiger partial charge >= 0.3 is 0 Å². The Labute approximate surface area is 115 Å². The minimum atomic E-state index is -0.836. The van der Waals surface area contributed by atoms with Crippen LogP contribution in [0, 0.1) is 11.6 Å². The van der Waals surface area contributed by atoms with Crippen LogP contribution in [0.15, 0.2) is 12.1 Å². The van der Waals surface area contributed by atoms with E-state index in [1.54, 1.807) is 7.11 Å². The Kier molecular flexibility index (Phi) is 6.52. The summed E-state index contributed by atoms with van der Waals surface area (Å²) in [6, 6.07) is 1.67. The SMILES string of the molecule is COCCCNC(=O)CNc1c(F)cc(F)cc1Cl. The van der Waals surface area contributed by atoms with Crippen molar-refractivity contribution >= 4 is 23.2 Å². The number of ether oxygens (including phenoxy) is 1. The fraction of sp³-hybridized carbons (Fsp3) is 0.417. The Balaban J connectivity index is 2.42. The first-order chi connectivity index (χ1) is 9.04. The number of hydrogen-bond donors (Lipinski definition) is 2. The minimum Gasteiger partial charge on any atom is -0.385 e. The summed E-state index contributed by atoms with van der Waals surface area (Å²) in [5.74, 6) is -1.91. The average molecular weight is 293 g/mol. The van der Waals surface area contributed by atoms with E-state index < -0.39 is 11.6 Å². The minimum absolute atomic E-state index is 0.0879. The quantitative estimate of drug-likeness (QED) is 0.758. The van der Waals surface area contributed by atoms with Crippen molar-refractivity contribution in [3.63, 3.8) is 0 Å². The number of rotatable bonds is 7. The summed E-state index contributed by atoms with van der Waals surface area (Å²) < 4.78 is 31.0. The molecule has 0 unspecified atom stereocenters. The van der Waals surface area contributed by atoms with Crippen LogP contribution in [0.2, 0.25) is 5.02 Å². The molecule has 0 aromatic heterocycles. The number of halogens is 3. The summed E-state index contributed by atoms with van der Waals surface area (Å²) in [7, 11) is 1.57. The molecular weight excluding hydrogens is 278 g/mol. The zero-order valence-corrected chi connectivity index (χ0v) is 11.2. The van der Waals surface area contributed by atoms with E-state index >= 15 is 0 Å². The van der Waals surface area contributed by atoms with Gasteiger partial charge in [-0.15, -0.1) is 0 Å². The second kappa shape index (κ2) is 7.91. The predicted molar refractivity (Wildman–Crippen MR) is 69.4 cm³/mol. The molecule has 1 aromatic carbocycles. The highest BCUT2D eigenvalue weighted by Gasteiger charge is 2.10. The summed E-state index contributed by atoms with van der Waals surface area (Å²) in [4.78, 5) is 11.4. The summed E-state index contributed by atoms with van der Waals surface area (Å²) >= 11 is 5.67. The van der Waals surface area contributed by atoms with Crippen molar-refractivity contribution in [2.75, 3.05) is 32.1 Å². The van der Waals surface area contributed by atoms with Gasteiger partial charge in [0.25, 0.3) is 0 Å². The van der Waals surface area contributed by atoms with Gasteiger partial charge in [-0.25, -0.2) is 8.78 Å². The lowest BCUT2D eigenvalue weighted by atomic mass is 10.3. The predicted octanol–water partition coefficient (Wildman–Crippen LogP) is 2.18. The van der Waals surface area contributed by atoms with Gasteiger partial charge in [0.05, 0.1) is 17.3 Å². The first-order valence-corrected chi connectivity index (χ1v) is 6.06. The van der Waals surface area contributed by atoms with Gasteiger partial charge in [0.15, 0.2) is 5.82 Å². The number of methoxy groups -OCH3 is 1. The first kappa shape index (κ1) is 15.7. The Morgan fingerprint density at radius 3 is 2.79 bits per heavy atom. The maximum atomic E-state index is 13.4. The molecule has 0 bridgehead atoms. The van der Waals surface area contributed by atoms with Crippen LogP contribution in [0.1, 0.15) is 6.42 Å². The molecule has 0 radical (unpaired) electrons. The lowest BCUT2D eigenvalue weighted by Gasteiger charge is -2.10. The van der Waals surface area contributed by atoms with E-state index in [1.165, 1.54) is 0 Å². The molecule has 0 fully saturated rings. The summed E-state index contributed by atoms with van der Waals surface area (Å²) in [5, 5.41) is 5.04. The molecule has 0 saturated heterocycles. The standard InChI is InChI=1S/C12H15ClF2N2O2/c1-19-4-2-3-16-11(18)7-17-12-9(13)5-8(14)6-10(12)15/h5-6,17H,2-4,7H2,1H3,(H,16,18). The van der Waals surface area contributed by atoms with Crippen molar-refractivity contribution in [1.29, 1.82) is 0 Å². The Bertz CT molecular complexity index is 421. The number of carbonyl (C=O) groups excluding carboxylic acids is 1. The molecule has 0 saturated carbocycles. The molecule has 19 heavy (non-hydrogen) atoms. The molecule has 1 rings (SSSR count). The highest BCUT2D eigenvalue weighted by molar-refractivity contribution is 6.33. The van der Waals surface area contributed by atoms with E-state index in [0.717, 1.165) is 6.07 Å². The molecule has 1 aromatic rings. The van der Waals surface area contributed by atoms with Gasteiger partial charge in [0.2, 0.25) is 5.91 Å². The smallest absolute Gasteiger partial charge is 0.239 e. The number of benzene rings is 1. The van der Waals surface area contributed by atoms with E-state index in [1.807, 2.05) is 0 Å². The van der Waals surface area contributed by atoms with Gasteiger partial charge < -0.3 is 15.4 Å². The molecular formula is C12H15ClF2N2O2. The topological polar surface area (TPSA) is 50.4 Å². The lowest BCUT2D eigenvalue weighted by Crippen LogP contribution is -2.31. The fourth-order valence-corrected chi connectivity index (χ4v) is 1.65. The van der Waals surface area contributed by atoms with Crippen LogP contribution in [0.4, 0.5) is 14.5 Å². The second-order valence-electron chi connectivity index (χ2n) is 3.79. The second-order valence-corrected chi connectivity index (χ2v) is 4.20. The highest BCUT2D eigenvalue weighted by atomic mass is 35.5. The number of nitrogens with one attached hydrogen (secondary N) is 2. The monoisotopic (exact) mass is 292 g/mol. The largest absolute Gasteiger partial charge is 0.385 e. The van der Waals surface area contributed by atoms with Crippen molar-refractivity contribution < 1.29 is 18.3 Å². The average Bonchev–Trinajstić information content (AvgIpc) is 2.33. The van der Waals surface area contributed by atoms with Gasteiger partial charge in [0.1, 0.15) is 5.82 Å². The van der Waals surface area contributed by atoms with Crippen molar-refractivity contribution in [3.05, 3.63) is 28.8 Å². The van der Waals surface area contributed by atoms with Crippen molar-refractivity contribution in [3.8, 4) is 0 Å². The van der Waals surface area contributed by atoms with Crippen LogP contribution in [0.5, 0.6) is 0 Å². The van der Waals surface area contributed by atoms with E-state index in [9.17, 15) is 13.6 Å². The molecule has 7 heteroatoms. The van der Waals surface area contributed by atoms with Gasteiger partial charge in [0, 0.05) is 26.3 Å². The summed E-state index contributed by atoms with van der Waals surface area (Å²) in [5.41, 5.74) is -0.0879. The molecule has 0 spiro atoms. The lowest BCUT2D eigenvalue weighted by molar-refractivity contribution is -0.119. The normalized spacial score (nSPS) is 10.3. The Morgan fingerprint density at radius 1 is 1.42 bits per heavy atom. The number of hydrogen-bond acceptors (Lipinski definition) is 3. The van der Waals surface area contributed by atoms with Crippen LogP contribution in [0.3, 0.4) is 0 Å². The van der Waals surface area contributed by atoms with E-state index in [2.05, 4.69) is 10.6 Å². The third-order valence-corrected chi connectivity index (χ3v) is 2.58. The van der Waals surface area contributed by atoms with E-state index in [0.29, 0.717) is 25.6 Å². The summed E-state index contributed by atoms with van der Waals surface area (Å²) in [6.07, 6.45) is 0.688. The van der Waals surface area contributed by atoms with E-state index in [-0.39, 0.29) is 23.2 Å². The number of carbonyl (C=O) groups is 1. The highest BCUT2D eigenvalue weighted by Crippen LogP contribution is 2.25.